The maximum Gasteiger partial charge on any atom is 0.303 e. The normalized spacial score (nSPS) is 9.71. The van der Waals surface area contributed by atoms with Gasteiger partial charge in [-0.25, -0.2) is 0 Å². The molecule has 0 aliphatic rings. The number of aliphatic hydroxyl groups is 1. The van der Waals surface area contributed by atoms with E-state index in [-0.39, 0.29) is 13.2 Å². The first-order chi connectivity index (χ1) is 8.13. The van der Waals surface area contributed by atoms with Crippen LogP contribution >= 0.6 is 0 Å². The van der Waals surface area contributed by atoms with Gasteiger partial charge in [-0.3, -0.25) is 9.80 Å². The minimum Gasteiger partial charge on any atom is -0.481 e. The Morgan fingerprint density at radius 3 is 2.47 bits per heavy atom. The van der Waals surface area contributed by atoms with Gasteiger partial charge in [-0.15, -0.1) is 0 Å². The van der Waals surface area contributed by atoms with Crippen LogP contribution in [-0.2, 0) is 4.79 Å². The van der Waals surface area contributed by atoms with Crippen molar-refractivity contribution in [2.45, 2.75) is 12.8 Å². The van der Waals surface area contributed by atoms with E-state index < -0.39 is 5.97 Å². The van der Waals surface area contributed by atoms with Crippen LogP contribution in [0.5, 0.6) is 0 Å². The Kier molecular flexibility index (Phi) is 5.03. The number of carboxylic acid groups (broad SMARTS) is 1. The summed E-state index contributed by atoms with van der Waals surface area (Å²) >= 11 is 0. The summed E-state index contributed by atoms with van der Waals surface area (Å²) in [6.45, 7) is 3.49. The summed E-state index contributed by atoms with van der Waals surface area (Å²) in [5.41, 5.74) is 4.19. The van der Waals surface area contributed by atoms with Crippen LogP contribution in [0.4, 0.5) is 5.69 Å². The van der Waals surface area contributed by atoms with E-state index in [1.54, 1.807) is 0 Å². The van der Waals surface area contributed by atoms with E-state index in [0.29, 0.717) is 12.1 Å². The van der Waals surface area contributed by atoms with Gasteiger partial charge in [0.25, 0.3) is 0 Å². The van der Waals surface area contributed by atoms with Gasteiger partial charge in [0.1, 0.15) is 6.73 Å². The average Bonchev–Trinajstić information content (AvgIpc) is 2.34. The van der Waals surface area contributed by atoms with Gasteiger partial charge in [0.15, 0.2) is 0 Å². The third kappa shape index (κ3) is 4.56. The Balaban J connectivity index is 2.53. The second-order valence-electron chi connectivity index (χ2n) is 3.51. The monoisotopic (exact) mass is 236 g/mol. The molecule has 0 saturated heterocycles. The maximum atomic E-state index is 10.4. The molecular weight excluding hydrogens is 220 g/mol. The fraction of sp³-hybridized carbons (Fsp3) is 0.250. The van der Waals surface area contributed by atoms with Crippen LogP contribution in [0.2, 0.25) is 0 Å². The molecule has 0 aliphatic heterocycles. The van der Waals surface area contributed by atoms with Crippen LogP contribution in [0.1, 0.15) is 12.8 Å². The number of aliphatic carboxylic acids is 1. The van der Waals surface area contributed by atoms with Crippen LogP contribution < -0.4 is 10.4 Å². The van der Waals surface area contributed by atoms with Gasteiger partial charge in [0.2, 0.25) is 0 Å². The van der Waals surface area contributed by atoms with Crippen LogP contribution in [0.3, 0.4) is 0 Å². The number of anilines is 1. The molecule has 92 valence electrons. The number of rotatable bonds is 7. The minimum atomic E-state index is -0.872. The number of para-hydroxylation sites is 1. The van der Waals surface area contributed by atoms with E-state index in [1.165, 1.54) is 5.01 Å². The predicted molar refractivity (Wildman–Crippen MR) is 65.2 cm³/mol. The number of hydrazine groups is 1. The maximum absolute atomic E-state index is 10.4. The SMILES string of the molecule is C=C(CCC(=O)O)NN(CO)c1ccccc1. The topological polar surface area (TPSA) is 72.8 Å². The minimum absolute atomic E-state index is 0.0138. The first-order valence-corrected chi connectivity index (χ1v) is 5.23. The zero-order chi connectivity index (χ0) is 12.7. The zero-order valence-electron chi connectivity index (χ0n) is 9.47. The fourth-order valence-corrected chi connectivity index (χ4v) is 1.29. The third-order valence-corrected chi connectivity index (χ3v) is 2.14. The molecule has 1 aromatic carbocycles. The molecular formula is C12H16N2O3. The summed E-state index contributed by atoms with van der Waals surface area (Å²) < 4.78 is 0. The summed E-state index contributed by atoms with van der Waals surface area (Å²) in [5.74, 6) is -0.872. The molecule has 0 spiro atoms. The molecule has 0 aromatic heterocycles. The molecule has 0 amide bonds. The standard InChI is InChI=1S/C12H16N2O3/c1-10(7-8-12(16)17)13-14(9-15)11-5-3-2-4-6-11/h2-6,13,15H,1,7-9H2,(H,16,17). The molecule has 0 radical (unpaired) electrons. The van der Waals surface area contributed by atoms with Crippen molar-refractivity contribution in [2.75, 3.05) is 11.7 Å². The van der Waals surface area contributed by atoms with Crippen LogP contribution in [0.25, 0.3) is 0 Å². The van der Waals surface area contributed by atoms with Crippen molar-refractivity contribution >= 4 is 11.7 Å². The lowest BCUT2D eigenvalue weighted by Crippen LogP contribution is -2.38. The van der Waals surface area contributed by atoms with Gasteiger partial charge in [-0.05, 0) is 18.6 Å². The largest absolute Gasteiger partial charge is 0.481 e. The number of nitrogens with zero attached hydrogens (tertiary/aromatic N) is 1. The number of hydrogen-bond acceptors (Lipinski definition) is 4. The highest BCUT2D eigenvalue weighted by Crippen LogP contribution is 2.11. The highest BCUT2D eigenvalue weighted by molar-refractivity contribution is 5.67. The first-order valence-electron chi connectivity index (χ1n) is 5.23. The number of allylic oxidation sites excluding steroid dienone is 1. The number of carboxylic acids is 1. The van der Waals surface area contributed by atoms with E-state index in [1.807, 2.05) is 30.3 Å². The highest BCUT2D eigenvalue weighted by atomic mass is 16.4. The van der Waals surface area contributed by atoms with Crippen molar-refractivity contribution in [1.29, 1.82) is 0 Å². The highest BCUT2D eigenvalue weighted by Gasteiger charge is 2.06. The fourth-order valence-electron chi connectivity index (χ4n) is 1.29. The summed E-state index contributed by atoms with van der Waals surface area (Å²) in [6, 6.07) is 9.22. The van der Waals surface area contributed by atoms with E-state index in [4.69, 9.17) is 5.11 Å². The van der Waals surface area contributed by atoms with E-state index in [9.17, 15) is 9.90 Å². The number of hydrogen-bond donors (Lipinski definition) is 3. The molecule has 17 heavy (non-hydrogen) atoms. The van der Waals surface area contributed by atoms with Gasteiger partial charge in [-0.2, -0.15) is 0 Å². The molecule has 5 heteroatoms. The smallest absolute Gasteiger partial charge is 0.303 e. The lowest BCUT2D eigenvalue weighted by molar-refractivity contribution is -0.136. The van der Waals surface area contributed by atoms with Crippen LogP contribution in [0, 0.1) is 0 Å². The van der Waals surface area contributed by atoms with Crippen molar-refractivity contribution < 1.29 is 15.0 Å². The predicted octanol–water partition coefficient (Wildman–Crippen LogP) is 1.33. The Hall–Kier alpha value is -2.01. The van der Waals surface area contributed by atoms with Crippen LogP contribution in [-0.4, -0.2) is 22.9 Å². The quantitative estimate of drug-likeness (QED) is 0.492. The number of nitrogens with one attached hydrogen (secondary N) is 1. The van der Waals surface area contributed by atoms with E-state index in [0.717, 1.165) is 5.69 Å². The summed E-state index contributed by atoms with van der Waals surface area (Å²) in [6.07, 6.45) is 0.332. The molecule has 0 unspecified atom stereocenters. The molecule has 0 saturated carbocycles. The van der Waals surface area contributed by atoms with E-state index >= 15 is 0 Å². The van der Waals surface area contributed by atoms with E-state index in [2.05, 4.69) is 12.0 Å². The Morgan fingerprint density at radius 1 is 1.29 bits per heavy atom. The summed E-state index contributed by atoms with van der Waals surface area (Å²) in [4.78, 5) is 10.4. The molecule has 5 nitrogen and oxygen atoms in total. The summed E-state index contributed by atoms with van der Waals surface area (Å²) in [5, 5.41) is 19.2. The zero-order valence-corrected chi connectivity index (χ0v) is 9.47. The number of carbonyl (C=O) groups is 1. The molecule has 0 bridgehead atoms. The lowest BCUT2D eigenvalue weighted by atomic mass is 10.2. The number of benzene rings is 1. The second kappa shape index (κ2) is 6.55. The Morgan fingerprint density at radius 2 is 1.94 bits per heavy atom. The Labute approximate surface area is 100.0 Å². The van der Waals surface area contributed by atoms with Gasteiger partial charge < -0.3 is 15.6 Å². The molecule has 1 aromatic rings. The van der Waals surface area contributed by atoms with Gasteiger partial charge in [-0.1, -0.05) is 24.8 Å². The van der Waals surface area contributed by atoms with Crippen molar-refractivity contribution in [1.82, 2.24) is 5.43 Å². The van der Waals surface area contributed by atoms with Gasteiger partial charge >= 0.3 is 5.97 Å². The molecule has 1 rings (SSSR count). The average molecular weight is 236 g/mol. The van der Waals surface area contributed by atoms with Crippen molar-refractivity contribution in [2.24, 2.45) is 0 Å². The van der Waals surface area contributed by atoms with Crippen molar-refractivity contribution in [3.8, 4) is 0 Å². The third-order valence-electron chi connectivity index (χ3n) is 2.14. The summed E-state index contributed by atoms with van der Waals surface area (Å²) in [7, 11) is 0. The number of aliphatic hydroxyl groups excluding tert-OH is 1. The van der Waals surface area contributed by atoms with Crippen molar-refractivity contribution in [3.63, 3.8) is 0 Å². The van der Waals surface area contributed by atoms with Gasteiger partial charge in [0, 0.05) is 5.70 Å². The molecule has 3 N–H and O–H groups in total. The molecule has 0 heterocycles. The Bertz CT molecular complexity index is 379. The van der Waals surface area contributed by atoms with Crippen molar-refractivity contribution in [3.05, 3.63) is 42.6 Å². The lowest BCUT2D eigenvalue weighted by Gasteiger charge is -2.24. The second-order valence-corrected chi connectivity index (χ2v) is 3.51. The molecule has 0 aliphatic carbocycles. The first kappa shape index (κ1) is 13.1. The van der Waals surface area contributed by atoms with Gasteiger partial charge in [0.05, 0.1) is 12.1 Å². The van der Waals surface area contributed by atoms with Crippen LogP contribution in [0.15, 0.2) is 42.6 Å². The molecule has 0 atom stereocenters. The molecule has 0 fully saturated rings.